The van der Waals surface area contributed by atoms with Crippen molar-refractivity contribution in [2.75, 3.05) is 159 Å². The molecule has 0 radical (unpaired) electrons. The second-order valence-electron chi connectivity index (χ2n) is 25.3. The fourth-order valence-electron chi connectivity index (χ4n) is 10.4. The zero-order chi connectivity index (χ0) is 76.7. The average molecular weight is 1510 g/mol. The SMILES string of the molecule is COC(CO)C(O)C(O)C(NC(C)=O)OCCOCCOCCNC(=O)CN(CC(=O)NCCOCCOCCOC1OC(CO)C(O)C(O)C1NC(C)=O)C(=O)C(CCC(=O)NCCOCCOCCOC1OC(CO)C(O)C(O)C1NC(C)=O)NC(=O)[C@H]1CC[C@H](OP(=O)(O)C(C)(C)C)CC1. The lowest BCUT2D eigenvalue weighted by Crippen LogP contribution is -2.64. The van der Waals surface area contributed by atoms with E-state index in [0.29, 0.717) is 0 Å². The summed E-state index contributed by atoms with van der Waals surface area (Å²) < 4.78 is 84.7. The van der Waals surface area contributed by atoms with E-state index in [1.54, 1.807) is 20.8 Å². The molecule has 3 rings (SSSR count). The molecule has 2 aliphatic heterocycles. The number of nitrogens with one attached hydrogen (secondary N) is 7. The van der Waals surface area contributed by atoms with Crippen molar-refractivity contribution in [1.29, 1.82) is 0 Å². The van der Waals surface area contributed by atoms with Crippen LogP contribution in [-0.2, 0) is 104 Å². The summed E-state index contributed by atoms with van der Waals surface area (Å²) in [4.78, 5) is 116. The molecule has 0 aromatic carbocycles. The Kier molecular flexibility index (Phi) is 44.7. The molecule has 598 valence electrons. The van der Waals surface area contributed by atoms with E-state index in [2.05, 4.69) is 37.2 Å². The Morgan fingerprint density at radius 3 is 1.37 bits per heavy atom. The fourth-order valence-corrected chi connectivity index (χ4v) is 11.3. The Morgan fingerprint density at radius 2 is 0.971 bits per heavy atom. The Labute approximate surface area is 598 Å². The highest BCUT2D eigenvalue weighted by atomic mass is 31.2. The van der Waals surface area contributed by atoms with Gasteiger partial charge < -0.3 is 154 Å². The van der Waals surface area contributed by atoms with Crippen LogP contribution in [0.15, 0.2) is 0 Å². The van der Waals surface area contributed by atoms with E-state index >= 15 is 0 Å². The maximum absolute atomic E-state index is 14.8. The van der Waals surface area contributed by atoms with Gasteiger partial charge in [-0.05, 0) is 52.9 Å². The van der Waals surface area contributed by atoms with E-state index in [0.717, 1.165) is 4.90 Å². The zero-order valence-corrected chi connectivity index (χ0v) is 60.6. The second kappa shape index (κ2) is 49.8. The molecule has 17 N–H and O–H groups in total. The number of methoxy groups -OCH3 is 1. The number of aliphatic hydroxyl groups is 9. The molecular weight excluding hydrogens is 1400 g/mol. The number of hydrogen-bond donors (Lipinski definition) is 17. The van der Waals surface area contributed by atoms with Gasteiger partial charge in [-0.15, -0.1) is 0 Å². The monoisotopic (exact) mass is 1510 g/mol. The molecule has 2 saturated heterocycles. The first kappa shape index (κ1) is 92.3. The normalized spacial score (nSPS) is 25.0. The molecule has 40 nitrogen and oxygen atoms in total. The van der Waals surface area contributed by atoms with Crippen molar-refractivity contribution in [2.24, 2.45) is 5.92 Å². The minimum Gasteiger partial charge on any atom is -0.394 e. The first-order valence-electron chi connectivity index (χ1n) is 34.2. The van der Waals surface area contributed by atoms with Crippen LogP contribution in [0.1, 0.15) is 80.1 Å². The molecular formula is C62H113N8O32P. The average Bonchev–Trinajstić information content (AvgIpc) is 0.821. The van der Waals surface area contributed by atoms with Gasteiger partial charge in [0.25, 0.3) is 0 Å². The van der Waals surface area contributed by atoms with Gasteiger partial charge in [-0.3, -0.25) is 42.9 Å². The molecule has 0 bridgehead atoms. The highest BCUT2D eigenvalue weighted by Gasteiger charge is 2.47. The number of hydrogen-bond acceptors (Lipinski definition) is 31. The molecule has 3 aliphatic rings. The lowest BCUT2D eigenvalue weighted by atomic mass is 9.86. The van der Waals surface area contributed by atoms with Crippen molar-refractivity contribution in [2.45, 2.75) is 183 Å². The van der Waals surface area contributed by atoms with Gasteiger partial charge in [0.1, 0.15) is 86.2 Å². The molecule has 1 aliphatic carbocycles. The smallest absolute Gasteiger partial charge is 0.333 e. The van der Waals surface area contributed by atoms with Crippen LogP contribution in [0.2, 0.25) is 0 Å². The van der Waals surface area contributed by atoms with Gasteiger partial charge in [-0.25, -0.2) is 0 Å². The van der Waals surface area contributed by atoms with Crippen LogP contribution in [-0.4, -0.2) is 365 Å². The molecule has 0 spiro atoms. The van der Waals surface area contributed by atoms with Crippen LogP contribution in [0.25, 0.3) is 0 Å². The molecule has 16 atom stereocenters. The lowest BCUT2D eigenvalue weighted by Gasteiger charge is -2.42. The maximum Gasteiger partial charge on any atom is 0.333 e. The number of carbonyl (C=O) groups excluding carboxylic acids is 8. The third kappa shape index (κ3) is 34.7. The second-order valence-corrected chi connectivity index (χ2v) is 27.9. The number of rotatable bonds is 52. The van der Waals surface area contributed by atoms with Crippen molar-refractivity contribution in [3.05, 3.63) is 0 Å². The van der Waals surface area contributed by atoms with Gasteiger partial charge in [0.2, 0.25) is 47.3 Å². The van der Waals surface area contributed by atoms with E-state index in [1.165, 1.54) is 27.9 Å². The minimum absolute atomic E-state index is 0.00360. The summed E-state index contributed by atoms with van der Waals surface area (Å²) >= 11 is 0. The first-order valence-corrected chi connectivity index (χ1v) is 35.7. The minimum atomic E-state index is -4.06. The summed E-state index contributed by atoms with van der Waals surface area (Å²) in [7, 11) is -2.85. The van der Waals surface area contributed by atoms with Crippen LogP contribution in [0.3, 0.4) is 0 Å². The molecule has 8 amide bonds. The maximum atomic E-state index is 14.8. The quantitative estimate of drug-likeness (QED) is 0.0153. The highest BCUT2D eigenvalue weighted by Crippen LogP contribution is 2.57. The number of ether oxygens (including phenoxy) is 12. The van der Waals surface area contributed by atoms with E-state index in [4.69, 9.17) is 61.4 Å². The van der Waals surface area contributed by atoms with Gasteiger partial charge >= 0.3 is 7.60 Å². The van der Waals surface area contributed by atoms with Crippen molar-refractivity contribution in [1.82, 2.24) is 42.1 Å². The van der Waals surface area contributed by atoms with Gasteiger partial charge in [-0.1, -0.05) is 0 Å². The summed E-state index contributed by atoms with van der Waals surface area (Å²) in [5, 5.41) is 108. The Morgan fingerprint density at radius 1 is 0.553 bits per heavy atom. The predicted molar refractivity (Wildman–Crippen MR) is 354 cm³/mol. The highest BCUT2D eigenvalue weighted by molar-refractivity contribution is 7.54. The van der Waals surface area contributed by atoms with E-state index in [1.807, 2.05) is 0 Å². The van der Waals surface area contributed by atoms with Gasteiger partial charge in [0.15, 0.2) is 18.8 Å². The molecule has 2 heterocycles. The predicted octanol–water partition coefficient (Wildman–Crippen LogP) is -7.78. The van der Waals surface area contributed by atoms with Crippen LogP contribution < -0.4 is 37.2 Å². The summed E-state index contributed by atoms with van der Waals surface area (Å²) in [6.07, 6.45) is -17.1. The van der Waals surface area contributed by atoms with Gasteiger partial charge in [0, 0.05) is 59.9 Å². The molecule has 3 fully saturated rings. The van der Waals surface area contributed by atoms with Crippen LogP contribution in [0, 0.1) is 5.92 Å². The van der Waals surface area contributed by atoms with E-state index in [-0.39, 0.29) is 157 Å². The molecule has 41 heteroatoms. The zero-order valence-electron chi connectivity index (χ0n) is 59.7. The first-order chi connectivity index (χ1) is 48.9. The summed E-state index contributed by atoms with van der Waals surface area (Å²) in [6.45, 7) is 4.50. The number of nitrogens with zero attached hydrogens (tertiary/aromatic N) is 1. The van der Waals surface area contributed by atoms with Crippen molar-refractivity contribution >= 4 is 54.9 Å². The summed E-state index contributed by atoms with van der Waals surface area (Å²) in [5.41, 5.74) is 0. The van der Waals surface area contributed by atoms with Crippen LogP contribution >= 0.6 is 7.60 Å². The molecule has 0 aromatic heterocycles. The van der Waals surface area contributed by atoms with Crippen LogP contribution in [0.5, 0.6) is 0 Å². The number of amides is 8. The molecule has 1 saturated carbocycles. The van der Waals surface area contributed by atoms with Crippen LogP contribution in [0.4, 0.5) is 0 Å². The van der Waals surface area contributed by atoms with Crippen molar-refractivity contribution in [3.8, 4) is 0 Å². The van der Waals surface area contributed by atoms with Crippen molar-refractivity contribution < 1.29 is 155 Å². The Balaban J connectivity index is 1.65. The van der Waals surface area contributed by atoms with Crippen molar-refractivity contribution in [3.63, 3.8) is 0 Å². The van der Waals surface area contributed by atoms with E-state index in [9.17, 15) is 93.8 Å². The van der Waals surface area contributed by atoms with E-state index < -0.39 is 197 Å². The fraction of sp³-hybridized carbons (Fsp3) is 0.871. The van der Waals surface area contributed by atoms with Gasteiger partial charge in [0.05, 0.1) is 130 Å². The summed E-state index contributed by atoms with van der Waals surface area (Å²) in [5.74, 6) is -5.92. The van der Waals surface area contributed by atoms with Gasteiger partial charge in [-0.2, -0.15) is 0 Å². The largest absolute Gasteiger partial charge is 0.394 e. The molecule has 0 aromatic rings. The number of aliphatic hydroxyl groups excluding tert-OH is 9. The third-order valence-electron chi connectivity index (χ3n) is 16.2. The third-order valence-corrected chi connectivity index (χ3v) is 18.5. The lowest BCUT2D eigenvalue weighted by molar-refractivity contribution is -0.272. The Hall–Kier alpha value is -4.93. The molecule has 103 heavy (non-hydrogen) atoms. The standard InChI is InChI=1S/C62H113N8O32P/c1-37(74)66-49-54(83)52(81)44(35-72)100-60(49)98-30-27-95-24-21-91-17-14-63-46(77)13-12-42(69-57(86)40-8-10-41(11-9-40)102-103(88,89)62(4,5)6)59(87)70(32-47(78)64-15-18-92-20-23-94-26-29-97-58(68-39(3)76)56(85)51(80)43(34-71)90-7)33-48(79)65-16-19-93-22-25-96-28-31-99-61-50(67-38(2)75)55(84)53(82)45(36-73)101-61/h40-45,49-56,58,60-61,71-73,80-85H,8-36H2,1-7H3,(H,63,77)(H,64,78)(H,65,79)(H,66,74)(H,67,75)(H,68,76)(H,69,86)(H,88,89)/t40-,41-,42?,43?,44?,45?,49?,50?,51?,52?,53?,54?,55?,56?,58?,60?,61?. The number of carbonyl (C=O) groups is 8. The topological polar surface area (TPSA) is 563 Å². The Bertz CT molecular complexity index is 2540. The molecule has 16 unspecified atom stereocenters. The summed E-state index contributed by atoms with van der Waals surface area (Å²) in [6, 6.07) is -3.78.